The van der Waals surface area contributed by atoms with Gasteiger partial charge in [-0.05, 0) is 55.9 Å². The second-order valence-electron chi connectivity index (χ2n) is 4.47. The van der Waals surface area contributed by atoms with Gasteiger partial charge in [-0.15, -0.1) is 0 Å². The van der Waals surface area contributed by atoms with Gasteiger partial charge in [0.25, 0.3) is 0 Å². The van der Waals surface area contributed by atoms with Crippen LogP contribution in [0.25, 0.3) is 5.57 Å². The molecule has 2 rings (SSSR count). The van der Waals surface area contributed by atoms with Crippen molar-refractivity contribution in [2.24, 2.45) is 0 Å². The number of hydrogen-bond donors (Lipinski definition) is 0. The zero-order valence-corrected chi connectivity index (χ0v) is 10.5. The van der Waals surface area contributed by atoms with Crippen molar-refractivity contribution in [3.8, 4) is 5.75 Å². The molecule has 1 aromatic rings. The van der Waals surface area contributed by atoms with Crippen LogP contribution in [0.2, 0.25) is 0 Å². The summed E-state index contributed by atoms with van der Waals surface area (Å²) in [6.45, 7) is 7.41. The summed E-state index contributed by atoms with van der Waals surface area (Å²) in [6, 6.07) is 4.27. The van der Waals surface area contributed by atoms with E-state index in [0.29, 0.717) is 0 Å². The van der Waals surface area contributed by atoms with Crippen molar-refractivity contribution in [3.63, 3.8) is 0 Å². The molecular weight excluding hydrogens is 196 g/mol. The van der Waals surface area contributed by atoms with Crippen LogP contribution in [0.5, 0.6) is 5.75 Å². The van der Waals surface area contributed by atoms with Gasteiger partial charge in [0.1, 0.15) is 5.75 Å². The van der Waals surface area contributed by atoms with Crippen molar-refractivity contribution in [2.45, 2.75) is 40.0 Å². The van der Waals surface area contributed by atoms with E-state index < -0.39 is 0 Å². The molecule has 0 saturated heterocycles. The minimum atomic E-state index is 0.844. The predicted molar refractivity (Wildman–Crippen MR) is 68.9 cm³/mol. The van der Waals surface area contributed by atoms with Crippen molar-refractivity contribution < 1.29 is 4.74 Å². The smallest absolute Gasteiger partial charge is 0.127 e. The number of rotatable bonds is 1. The molecule has 0 spiro atoms. The van der Waals surface area contributed by atoms with Crippen molar-refractivity contribution in [3.05, 3.63) is 34.9 Å². The zero-order chi connectivity index (χ0) is 11.5. The van der Waals surface area contributed by atoms with Crippen LogP contribution in [-0.4, -0.2) is 6.61 Å². The fraction of sp³-hybridized carbons (Fsp3) is 0.467. The zero-order valence-electron chi connectivity index (χ0n) is 10.5. The highest BCUT2D eigenvalue weighted by Gasteiger charge is 2.16. The molecule has 0 N–H and O–H groups in total. The molecule has 0 saturated carbocycles. The van der Waals surface area contributed by atoms with E-state index in [1.54, 1.807) is 0 Å². The summed E-state index contributed by atoms with van der Waals surface area (Å²) in [4.78, 5) is 0. The van der Waals surface area contributed by atoms with Crippen LogP contribution in [0.3, 0.4) is 0 Å². The lowest BCUT2D eigenvalue weighted by atomic mass is 9.93. The summed E-state index contributed by atoms with van der Waals surface area (Å²) >= 11 is 0. The highest BCUT2D eigenvalue weighted by atomic mass is 16.5. The van der Waals surface area contributed by atoms with Crippen LogP contribution >= 0.6 is 0 Å². The van der Waals surface area contributed by atoms with Gasteiger partial charge >= 0.3 is 0 Å². The van der Waals surface area contributed by atoms with Crippen molar-refractivity contribution in [1.82, 2.24) is 0 Å². The summed E-state index contributed by atoms with van der Waals surface area (Å²) in [7, 11) is 0. The second kappa shape index (κ2) is 4.73. The molecular formula is C15H20O. The number of ether oxygens (including phenoxy) is 1. The highest BCUT2D eigenvalue weighted by molar-refractivity contribution is 5.74. The molecule has 1 aromatic carbocycles. The van der Waals surface area contributed by atoms with Crippen LogP contribution in [0.4, 0.5) is 0 Å². The first-order chi connectivity index (χ1) is 7.74. The number of hydrogen-bond acceptors (Lipinski definition) is 1. The van der Waals surface area contributed by atoms with Crippen molar-refractivity contribution >= 4 is 5.57 Å². The van der Waals surface area contributed by atoms with E-state index in [4.69, 9.17) is 4.74 Å². The van der Waals surface area contributed by atoms with Gasteiger partial charge in [-0.1, -0.05) is 19.1 Å². The first-order valence-corrected chi connectivity index (χ1v) is 6.16. The Morgan fingerprint density at radius 2 is 2.12 bits per heavy atom. The molecule has 0 bridgehead atoms. The van der Waals surface area contributed by atoms with Gasteiger partial charge in [-0.25, -0.2) is 0 Å². The fourth-order valence-electron chi connectivity index (χ4n) is 2.33. The molecule has 1 aliphatic heterocycles. The molecule has 0 amide bonds. The third-order valence-electron chi connectivity index (χ3n) is 3.32. The third kappa shape index (κ3) is 1.99. The van der Waals surface area contributed by atoms with E-state index in [0.717, 1.165) is 31.6 Å². The summed E-state index contributed by atoms with van der Waals surface area (Å²) in [6.07, 6.45) is 5.71. The Morgan fingerprint density at radius 3 is 2.88 bits per heavy atom. The lowest BCUT2D eigenvalue weighted by molar-refractivity contribution is 0.317. The average Bonchev–Trinajstić information content (AvgIpc) is 2.47. The Balaban J connectivity index is 2.58. The first kappa shape index (κ1) is 11.3. The van der Waals surface area contributed by atoms with Crippen LogP contribution in [-0.2, 0) is 0 Å². The Morgan fingerprint density at radius 1 is 1.31 bits per heavy atom. The maximum Gasteiger partial charge on any atom is 0.127 e. The maximum absolute atomic E-state index is 5.82. The molecule has 0 aromatic heterocycles. The molecule has 1 heterocycles. The van der Waals surface area contributed by atoms with Crippen LogP contribution in [0, 0.1) is 13.8 Å². The molecule has 0 aliphatic carbocycles. The van der Waals surface area contributed by atoms with Crippen molar-refractivity contribution in [1.29, 1.82) is 0 Å². The van der Waals surface area contributed by atoms with Gasteiger partial charge in [0.15, 0.2) is 0 Å². The van der Waals surface area contributed by atoms with Gasteiger partial charge in [0, 0.05) is 5.56 Å². The van der Waals surface area contributed by atoms with Gasteiger partial charge in [0.05, 0.1) is 6.61 Å². The first-order valence-electron chi connectivity index (χ1n) is 6.16. The topological polar surface area (TPSA) is 9.23 Å². The third-order valence-corrected chi connectivity index (χ3v) is 3.32. The predicted octanol–water partition coefficient (Wildman–Crippen LogP) is 4.27. The highest BCUT2D eigenvalue weighted by Crippen LogP contribution is 2.36. The lowest BCUT2D eigenvalue weighted by Gasteiger charge is -2.14. The number of fused-ring (bicyclic) bond motifs is 1. The summed E-state index contributed by atoms with van der Waals surface area (Å²) in [5.74, 6) is 1.07. The van der Waals surface area contributed by atoms with E-state index in [-0.39, 0.29) is 0 Å². The number of aryl methyl sites for hydroxylation is 1. The molecule has 0 unspecified atom stereocenters. The van der Waals surface area contributed by atoms with Crippen LogP contribution < -0.4 is 4.74 Å². The van der Waals surface area contributed by atoms with Gasteiger partial charge in [-0.3, -0.25) is 0 Å². The molecule has 0 atom stereocenters. The number of benzene rings is 1. The lowest BCUT2D eigenvalue weighted by Crippen LogP contribution is -1.97. The SMILES string of the molecule is CC/C=C1\CCCOc2ccc(C)c(C)c21. The monoisotopic (exact) mass is 216 g/mol. The molecule has 1 heteroatoms. The van der Waals surface area contributed by atoms with Gasteiger partial charge in [-0.2, -0.15) is 0 Å². The Kier molecular flexibility index (Phi) is 3.33. The van der Waals surface area contributed by atoms with E-state index in [1.807, 2.05) is 0 Å². The molecule has 0 fully saturated rings. The molecule has 86 valence electrons. The number of allylic oxidation sites excluding steroid dienone is 2. The Bertz CT molecular complexity index is 416. The van der Waals surface area contributed by atoms with E-state index in [9.17, 15) is 0 Å². The summed E-state index contributed by atoms with van der Waals surface area (Å²) in [5, 5.41) is 0. The normalized spacial score (nSPS) is 17.8. The summed E-state index contributed by atoms with van der Waals surface area (Å²) < 4.78 is 5.82. The van der Waals surface area contributed by atoms with E-state index in [2.05, 4.69) is 39.0 Å². The minimum Gasteiger partial charge on any atom is -0.493 e. The largest absolute Gasteiger partial charge is 0.493 e. The standard InChI is InChI=1S/C15H20O/c1-4-6-13-7-5-10-16-14-9-8-11(2)12(3)15(13)14/h6,8-9H,4-5,7,10H2,1-3H3/b13-6+. The Labute approximate surface area is 98.1 Å². The quantitative estimate of drug-likeness (QED) is 0.681. The Hall–Kier alpha value is -1.24. The fourth-order valence-corrected chi connectivity index (χ4v) is 2.33. The maximum atomic E-state index is 5.82. The van der Waals surface area contributed by atoms with Crippen LogP contribution in [0.1, 0.15) is 42.9 Å². The van der Waals surface area contributed by atoms with E-state index >= 15 is 0 Å². The second-order valence-corrected chi connectivity index (χ2v) is 4.47. The van der Waals surface area contributed by atoms with Crippen molar-refractivity contribution in [2.75, 3.05) is 6.61 Å². The molecule has 16 heavy (non-hydrogen) atoms. The van der Waals surface area contributed by atoms with Gasteiger partial charge < -0.3 is 4.74 Å². The van der Waals surface area contributed by atoms with E-state index in [1.165, 1.54) is 22.3 Å². The summed E-state index contributed by atoms with van der Waals surface area (Å²) in [5.41, 5.74) is 5.54. The molecule has 0 radical (unpaired) electrons. The molecule has 1 nitrogen and oxygen atoms in total. The van der Waals surface area contributed by atoms with Crippen LogP contribution in [0.15, 0.2) is 18.2 Å². The average molecular weight is 216 g/mol. The minimum absolute atomic E-state index is 0.844. The molecule has 1 aliphatic rings. The van der Waals surface area contributed by atoms with Gasteiger partial charge in [0.2, 0.25) is 0 Å².